The SMILES string of the molecule is NOP(=O)(O)OC(O)[C@H]1O[C@H](O)[C@@H](O)[C@@H](O)[C@@H]1O. The molecular weight excluding hydrogens is 277 g/mol. The van der Waals surface area contributed by atoms with Crippen molar-refractivity contribution >= 4 is 7.82 Å². The third-order valence-corrected chi connectivity index (χ3v) is 3.03. The lowest BCUT2D eigenvalue weighted by Gasteiger charge is -2.39. The first-order valence-electron chi connectivity index (χ1n) is 4.65. The van der Waals surface area contributed by atoms with Crippen molar-refractivity contribution in [1.29, 1.82) is 0 Å². The molecule has 0 spiro atoms. The third-order valence-electron chi connectivity index (χ3n) is 2.28. The van der Waals surface area contributed by atoms with E-state index in [1.807, 2.05) is 0 Å². The lowest BCUT2D eigenvalue weighted by atomic mass is 9.99. The Morgan fingerprint density at radius 3 is 2.22 bits per heavy atom. The van der Waals surface area contributed by atoms with Crippen molar-refractivity contribution in [3.8, 4) is 0 Å². The van der Waals surface area contributed by atoms with Crippen LogP contribution in [-0.4, -0.2) is 67.4 Å². The number of rotatable bonds is 4. The molecule has 2 unspecified atom stereocenters. The van der Waals surface area contributed by atoms with Crippen LogP contribution in [0.3, 0.4) is 0 Å². The van der Waals surface area contributed by atoms with Crippen molar-refractivity contribution in [3.05, 3.63) is 0 Å². The number of aliphatic hydroxyl groups is 5. The fourth-order valence-corrected chi connectivity index (χ4v) is 1.79. The van der Waals surface area contributed by atoms with Crippen molar-refractivity contribution in [3.63, 3.8) is 0 Å². The molecule has 8 N–H and O–H groups in total. The number of nitrogens with two attached hydrogens (primary N) is 1. The monoisotopic (exact) mass is 291 g/mol. The molecule has 12 heteroatoms. The van der Waals surface area contributed by atoms with Gasteiger partial charge in [-0.1, -0.05) is 0 Å². The number of phosphoric acid groups is 1. The minimum absolute atomic E-state index is 1.80. The number of aliphatic hydroxyl groups excluding tert-OH is 5. The predicted molar refractivity (Wildman–Crippen MR) is 51.1 cm³/mol. The molecule has 108 valence electrons. The molecule has 7 atom stereocenters. The molecule has 1 heterocycles. The van der Waals surface area contributed by atoms with Gasteiger partial charge in [0.2, 0.25) is 0 Å². The van der Waals surface area contributed by atoms with Crippen LogP contribution in [0.1, 0.15) is 0 Å². The Bertz CT molecular complexity index is 327. The fraction of sp³-hybridized carbons (Fsp3) is 1.00. The van der Waals surface area contributed by atoms with Crippen LogP contribution in [0.4, 0.5) is 0 Å². The average molecular weight is 291 g/mol. The molecule has 0 aromatic heterocycles. The quantitative estimate of drug-likeness (QED) is 0.152. The van der Waals surface area contributed by atoms with Crippen LogP contribution in [0.2, 0.25) is 0 Å². The summed E-state index contributed by atoms with van der Waals surface area (Å²) in [4.78, 5) is 8.81. The molecule has 0 aliphatic carbocycles. The Labute approximate surface area is 101 Å². The Kier molecular flexibility index (Phi) is 5.17. The van der Waals surface area contributed by atoms with E-state index in [-0.39, 0.29) is 0 Å². The summed E-state index contributed by atoms with van der Waals surface area (Å²) >= 11 is 0. The molecule has 1 fully saturated rings. The summed E-state index contributed by atoms with van der Waals surface area (Å²) in [6.07, 6.45) is -11.5. The van der Waals surface area contributed by atoms with E-state index >= 15 is 0 Å². The van der Waals surface area contributed by atoms with Gasteiger partial charge in [0.15, 0.2) is 12.6 Å². The van der Waals surface area contributed by atoms with E-state index in [0.717, 1.165) is 0 Å². The predicted octanol–water partition coefficient (Wildman–Crippen LogP) is -3.89. The highest BCUT2D eigenvalue weighted by atomic mass is 31.2. The molecule has 0 aromatic carbocycles. The summed E-state index contributed by atoms with van der Waals surface area (Å²) in [6, 6.07) is 0. The molecule has 1 rings (SSSR count). The fourth-order valence-electron chi connectivity index (χ4n) is 1.34. The number of hydrogen-bond acceptors (Lipinski definition) is 10. The molecule has 1 saturated heterocycles. The first kappa shape index (κ1) is 15.9. The van der Waals surface area contributed by atoms with E-state index in [4.69, 9.17) is 15.1 Å². The highest BCUT2D eigenvalue weighted by molar-refractivity contribution is 7.47. The van der Waals surface area contributed by atoms with Gasteiger partial charge in [-0.15, -0.1) is 0 Å². The Morgan fingerprint density at radius 1 is 1.17 bits per heavy atom. The zero-order valence-corrected chi connectivity index (χ0v) is 9.70. The van der Waals surface area contributed by atoms with Crippen LogP contribution in [0, 0.1) is 0 Å². The van der Waals surface area contributed by atoms with E-state index in [0.29, 0.717) is 0 Å². The molecule has 0 amide bonds. The highest BCUT2D eigenvalue weighted by Gasteiger charge is 2.47. The van der Waals surface area contributed by atoms with Crippen molar-refractivity contribution in [2.45, 2.75) is 37.0 Å². The summed E-state index contributed by atoms with van der Waals surface area (Å²) in [5.41, 5.74) is 0. The second kappa shape index (κ2) is 5.86. The first-order valence-corrected chi connectivity index (χ1v) is 6.14. The largest absolute Gasteiger partial charge is 0.491 e. The zero-order chi connectivity index (χ0) is 14.1. The molecule has 11 nitrogen and oxygen atoms in total. The Morgan fingerprint density at radius 2 is 1.72 bits per heavy atom. The molecule has 18 heavy (non-hydrogen) atoms. The zero-order valence-electron chi connectivity index (χ0n) is 8.80. The van der Waals surface area contributed by atoms with Gasteiger partial charge in [-0.05, 0) is 0 Å². The number of hydrogen-bond donors (Lipinski definition) is 7. The smallest absolute Gasteiger partial charge is 0.387 e. The highest BCUT2D eigenvalue weighted by Crippen LogP contribution is 2.43. The van der Waals surface area contributed by atoms with Crippen LogP contribution in [0.15, 0.2) is 0 Å². The standard InChI is InChI=1S/C6H14NO10P/c7-17-18(13,14)16-6(12)4-2(9)1(8)3(10)5(11)15-4/h1-6,8-12H,7H2,(H,13,14)/t1-,2-,3-,4-,5-,6?/m0/s1. The summed E-state index contributed by atoms with van der Waals surface area (Å²) in [7, 11) is -4.77. The van der Waals surface area contributed by atoms with Crippen molar-refractivity contribution < 1.29 is 48.9 Å². The van der Waals surface area contributed by atoms with Gasteiger partial charge in [-0.2, -0.15) is 0 Å². The maximum atomic E-state index is 10.9. The van der Waals surface area contributed by atoms with E-state index in [1.165, 1.54) is 0 Å². The van der Waals surface area contributed by atoms with Crippen molar-refractivity contribution in [2.24, 2.45) is 5.90 Å². The van der Waals surface area contributed by atoms with Crippen molar-refractivity contribution in [2.75, 3.05) is 0 Å². The van der Waals surface area contributed by atoms with Gasteiger partial charge < -0.3 is 35.2 Å². The Balaban J connectivity index is 2.73. The lowest BCUT2D eigenvalue weighted by Crippen LogP contribution is -2.60. The summed E-state index contributed by atoms with van der Waals surface area (Å²) in [5, 5.41) is 46.4. The van der Waals surface area contributed by atoms with Gasteiger partial charge in [0.05, 0.1) is 0 Å². The van der Waals surface area contributed by atoms with Gasteiger partial charge in [0.1, 0.15) is 24.4 Å². The number of ether oxygens (including phenoxy) is 1. The molecular formula is C6H14NO10P. The van der Waals surface area contributed by atoms with Crippen molar-refractivity contribution in [1.82, 2.24) is 0 Å². The maximum Gasteiger partial charge on any atom is 0.491 e. The molecule has 1 aliphatic heterocycles. The van der Waals surface area contributed by atoms with Crippen LogP contribution >= 0.6 is 7.82 Å². The second-order valence-corrected chi connectivity index (χ2v) is 4.89. The summed E-state index contributed by atoms with van der Waals surface area (Å²) in [5.74, 6) is 4.40. The van der Waals surface area contributed by atoms with Crippen LogP contribution < -0.4 is 5.90 Å². The normalized spacial score (nSPS) is 42.3. The van der Waals surface area contributed by atoms with E-state index in [2.05, 4.69) is 19.8 Å². The molecule has 0 aromatic rings. The minimum Gasteiger partial charge on any atom is -0.387 e. The van der Waals surface area contributed by atoms with E-state index < -0.39 is 44.8 Å². The van der Waals surface area contributed by atoms with E-state index in [9.17, 15) is 19.9 Å². The lowest BCUT2D eigenvalue weighted by molar-refractivity contribution is -0.314. The minimum atomic E-state index is -4.77. The molecule has 0 bridgehead atoms. The second-order valence-electron chi connectivity index (χ2n) is 3.53. The molecule has 0 saturated carbocycles. The third kappa shape index (κ3) is 3.44. The summed E-state index contributed by atoms with van der Waals surface area (Å²) < 4.78 is 23.0. The van der Waals surface area contributed by atoms with Gasteiger partial charge in [0, 0.05) is 0 Å². The van der Waals surface area contributed by atoms with Crippen LogP contribution in [0.5, 0.6) is 0 Å². The van der Waals surface area contributed by atoms with Gasteiger partial charge in [-0.3, -0.25) is 4.52 Å². The maximum absolute atomic E-state index is 10.9. The van der Waals surface area contributed by atoms with Crippen LogP contribution in [0.25, 0.3) is 0 Å². The first-order chi connectivity index (χ1) is 8.19. The van der Waals surface area contributed by atoms with Gasteiger partial charge >= 0.3 is 7.82 Å². The topological polar surface area (TPSA) is 192 Å². The van der Waals surface area contributed by atoms with Gasteiger partial charge in [0.25, 0.3) is 0 Å². The van der Waals surface area contributed by atoms with Gasteiger partial charge in [-0.25, -0.2) is 15.1 Å². The number of phosphoric ester groups is 1. The average Bonchev–Trinajstić information content (AvgIpc) is 2.30. The Hall–Kier alpha value is -0.170. The molecule has 1 aliphatic rings. The van der Waals surface area contributed by atoms with Crippen LogP contribution in [-0.2, 0) is 18.5 Å². The molecule has 0 radical (unpaired) electrons. The van der Waals surface area contributed by atoms with E-state index in [1.54, 1.807) is 0 Å². The summed E-state index contributed by atoms with van der Waals surface area (Å²) in [6.45, 7) is 0.